The maximum absolute atomic E-state index is 13.2. The first-order chi connectivity index (χ1) is 14.2. The Hall–Kier alpha value is -2.81. The fourth-order valence-corrected chi connectivity index (χ4v) is 3.21. The normalized spacial score (nSPS) is 11.4. The van der Waals surface area contributed by atoms with Crippen molar-refractivity contribution in [2.45, 2.75) is 19.7 Å². The van der Waals surface area contributed by atoms with E-state index < -0.39 is 18.1 Å². The van der Waals surface area contributed by atoms with Gasteiger partial charge in [-0.05, 0) is 40.5 Å². The fourth-order valence-electron chi connectivity index (χ4n) is 2.56. The average Bonchev–Trinajstić information content (AvgIpc) is 2.72. The molecule has 0 aliphatic carbocycles. The number of nitrogens with zero attached hydrogens (tertiary/aromatic N) is 1. The SMILES string of the molecule is C/C=C/CN(C(=O)C(F)(F)F)c1c(Br)cc(C(=O)OC)cc1OCc1ccccc1. The first-order valence-corrected chi connectivity index (χ1v) is 9.56. The van der Waals surface area contributed by atoms with Crippen molar-refractivity contribution in [3.8, 4) is 5.75 Å². The second-order valence-electron chi connectivity index (χ2n) is 6.05. The molecule has 30 heavy (non-hydrogen) atoms. The van der Waals surface area contributed by atoms with Gasteiger partial charge in [0.05, 0.1) is 12.7 Å². The number of benzene rings is 2. The molecular weight excluding hydrogens is 467 g/mol. The van der Waals surface area contributed by atoms with E-state index in [4.69, 9.17) is 4.74 Å². The molecule has 0 N–H and O–H groups in total. The number of hydrogen-bond donors (Lipinski definition) is 0. The highest BCUT2D eigenvalue weighted by atomic mass is 79.9. The highest BCUT2D eigenvalue weighted by molar-refractivity contribution is 9.10. The monoisotopic (exact) mass is 485 g/mol. The Morgan fingerprint density at radius 2 is 1.83 bits per heavy atom. The lowest BCUT2D eigenvalue weighted by molar-refractivity contribution is -0.170. The summed E-state index contributed by atoms with van der Waals surface area (Å²) in [5.74, 6) is -2.83. The summed E-state index contributed by atoms with van der Waals surface area (Å²) in [6, 6.07) is 11.5. The number of anilines is 1. The van der Waals surface area contributed by atoms with E-state index in [0.717, 1.165) is 5.56 Å². The Morgan fingerprint density at radius 1 is 1.17 bits per heavy atom. The van der Waals surface area contributed by atoms with Gasteiger partial charge in [-0.15, -0.1) is 0 Å². The van der Waals surface area contributed by atoms with Crippen LogP contribution in [0.15, 0.2) is 59.1 Å². The predicted molar refractivity (Wildman–Crippen MR) is 109 cm³/mol. The number of rotatable bonds is 7. The standard InChI is InChI=1S/C21H19BrF3NO4/c1-3-4-10-26(20(28)21(23,24)25)18-16(22)11-15(19(27)29-2)12-17(18)30-13-14-8-6-5-7-9-14/h3-9,11-12H,10,13H2,1-2H3/b4-3+. The number of amides is 1. The third kappa shape index (κ3) is 5.85. The highest BCUT2D eigenvalue weighted by Crippen LogP contribution is 2.40. The Morgan fingerprint density at radius 3 is 2.40 bits per heavy atom. The van der Waals surface area contributed by atoms with Gasteiger partial charge in [0.1, 0.15) is 18.0 Å². The number of alkyl halides is 3. The molecule has 0 saturated carbocycles. The van der Waals surface area contributed by atoms with Crippen molar-refractivity contribution in [3.05, 3.63) is 70.2 Å². The second-order valence-corrected chi connectivity index (χ2v) is 6.91. The molecule has 2 rings (SSSR count). The summed E-state index contributed by atoms with van der Waals surface area (Å²) >= 11 is 3.18. The average molecular weight is 486 g/mol. The molecule has 2 aromatic carbocycles. The summed E-state index contributed by atoms with van der Waals surface area (Å²) in [5.41, 5.74) is 0.672. The number of hydrogen-bond acceptors (Lipinski definition) is 4. The third-order valence-corrected chi connectivity index (χ3v) is 4.57. The van der Waals surface area contributed by atoms with E-state index in [2.05, 4.69) is 20.7 Å². The lowest BCUT2D eigenvalue weighted by atomic mass is 10.1. The molecule has 9 heteroatoms. The van der Waals surface area contributed by atoms with Gasteiger partial charge in [-0.2, -0.15) is 13.2 Å². The van der Waals surface area contributed by atoms with Crippen LogP contribution < -0.4 is 9.64 Å². The molecule has 0 aliphatic rings. The number of carbonyl (C=O) groups is 2. The van der Waals surface area contributed by atoms with Gasteiger partial charge in [0.25, 0.3) is 0 Å². The van der Waals surface area contributed by atoms with Gasteiger partial charge in [0, 0.05) is 11.0 Å². The van der Waals surface area contributed by atoms with E-state index >= 15 is 0 Å². The molecule has 160 valence electrons. The number of halogens is 4. The minimum absolute atomic E-state index is 0.0164. The number of allylic oxidation sites excluding steroid dienone is 1. The number of ether oxygens (including phenoxy) is 2. The van der Waals surface area contributed by atoms with Crippen LogP contribution in [0.3, 0.4) is 0 Å². The van der Waals surface area contributed by atoms with Crippen LogP contribution in [0.2, 0.25) is 0 Å². The minimum Gasteiger partial charge on any atom is -0.487 e. The predicted octanol–water partition coefficient (Wildman–Crippen LogP) is 5.29. The number of carbonyl (C=O) groups excluding carboxylic acids is 2. The maximum Gasteiger partial charge on any atom is 0.471 e. The van der Waals surface area contributed by atoms with Gasteiger partial charge in [0.15, 0.2) is 0 Å². The topological polar surface area (TPSA) is 55.8 Å². The molecule has 0 atom stereocenters. The van der Waals surface area contributed by atoms with Gasteiger partial charge in [-0.1, -0.05) is 42.5 Å². The maximum atomic E-state index is 13.2. The number of methoxy groups -OCH3 is 1. The molecule has 0 fully saturated rings. The summed E-state index contributed by atoms with van der Waals surface area (Å²) in [4.78, 5) is 24.6. The summed E-state index contributed by atoms with van der Waals surface area (Å²) in [5, 5.41) is 0. The first-order valence-electron chi connectivity index (χ1n) is 8.77. The Labute approximate surface area is 180 Å². The molecule has 0 aliphatic heterocycles. The van der Waals surface area contributed by atoms with E-state index in [1.54, 1.807) is 31.2 Å². The van der Waals surface area contributed by atoms with Gasteiger partial charge < -0.3 is 9.47 Å². The molecule has 0 heterocycles. The molecule has 0 spiro atoms. The zero-order valence-corrected chi connectivity index (χ0v) is 17.8. The van der Waals surface area contributed by atoms with Crippen molar-refractivity contribution in [3.63, 3.8) is 0 Å². The van der Waals surface area contributed by atoms with E-state index in [1.807, 2.05) is 6.07 Å². The summed E-state index contributed by atoms with van der Waals surface area (Å²) in [6.45, 7) is 1.30. The molecule has 0 saturated heterocycles. The van der Waals surface area contributed by atoms with Crippen LogP contribution in [0.4, 0.5) is 18.9 Å². The van der Waals surface area contributed by atoms with Crippen LogP contribution >= 0.6 is 15.9 Å². The highest BCUT2D eigenvalue weighted by Gasteiger charge is 2.44. The first kappa shape index (κ1) is 23.5. The molecular formula is C21H19BrF3NO4. The van der Waals surface area contributed by atoms with Gasteiger partial charge in [-0.3, -0.25) is 9.69 Å². The summed E-state index contributed by atoms with van der Waals surface area (Å²) in [7, 11) is 1.18. The largest absolute Gasteiger partial charge is 0.487 e. The van der Waals surface area contributed by atoms with E-state index in [1.165, 1.54) is 31.4 Å². The summed E-state index contributed by atoms with van der Waals surface area (Å²) in [6.07, 6.45) is -2.16. The van der Waals surface area contributed by atoms with E-state index in [0.29, 0.717) is 4.90 Å². The van der Waals surface area contributed by atoms with E-state index in [-0.39, 0.29) is 34.6 Å². The van der Waals surface area contributed by atoms with Crippen LogP contribution in [-0.2, 0) is 16.1 Å². The quantitative estimate of drug-likeness (QED) is 0.395. The van der Waals surface area contributed by atoms with Crippen molar-refractivity contribution in [1.29, 1.82) is 0 Å². The molecule has 2 aromatic rings. The lowest BCUT2D eigenvalue weighted by Gasteiger charge is -2.26. The Bertz CT molecular complexity index is 930. The smallest absolute Gasteiger partial charge is 0.471 e. The van der Waals surface area contributed by atoms with Crippen molar-refractivity contribution < 1.29 is 32.2 Å². The van der Waals surface area contributed by atoms with Crippen molar-refractivity contribution in [2.75, 3.05) is 18.6 Å². The Kier molecular flexibility index (Phi) is 8.05. The second kappa shape index (κ2) is 10.3. The van der Waals surface area contributed by atoms with Crippen molar-refractivity contribution >= 4 is 33.5 Å². The molecule has 0 radical (unpaired) electrons. The zero-order valence-electron chi connectivity index (χ0n) is 16.2. The Balaban J connectivity index is 2.58. The molecule has 0 aromatic heterocycles. The third-order valence-electron chi connectivity index (χ3n) is 3.97. The van der Waals surface area contributed by atoms with Crippen LogP contribution in [-0.4, -0.2) is 31.7 Å². The van der Waals surface area contributed by atoms with Gasteiger partial charge in [0.2, 0.25) is 0 Å². The van der Waals surface area contributed by atoms with Crippen LogP contribution in [0.25, 0.3) is 0 Å². The van der Waals surface area contributed by atoms with Crippen LogP contribution in [0.5, 0.6) is 5.75 Å². The van der Waals surface area contributed by atoms with Gasteiger partial charge in [-0.25, -0.2) is 4.79 Å². The molecule has 0 unspecified atom stereocenters. The summed E-state index contributed by atoms with van der Waals surface area (Å²) < 4.78 is 50.2. The molecule has 0 bridgehead atoms. The fraction of sp³-hybridized carbons (Fsp3) is 0.238. The van der Waals surface area contributed by atoms with Crippen molar-refractivity contribution in [1.82, 2.24) is 0 Å². The van der Waals surface area contributed by atoms with Crippen LogP contribution in [0.1, 0.15) is 22.8 Å². The number of esters is 1. The zero-order chi connectivity index (χ0) is 22.3. The van der Waals surface area contributed by atoms with Crippen molar-refractivity contribution in [2.24, 2.45) is 0 Å². The van der Waals surface area contributed by atoms with Crippen LogP contribution in [0, 0.1) is 0 Å². The lowest BCUT2D eigenvalue weighted by Crippen LogP contribution is -2.41. The van der Waals surface area contributed by atoms with Gasteiger partial charge >= 0.3 is 18.1 Å². The molecule has 1 amide bonds. The molecule has 5 nitrogen and oxygen atoms in total. The van der Waals surface area contributed by atoms with E-state index in [9.17, 15) is 22.8 Å². The minimum atomic E-state index is -5.10.